The maximum atomic E-state index is 10.6. The van der Waals surface area contributed by atoms with E-state index in [0.717, 1.165) is 0 Å². The zero-order valence-electron chi connectivity index (χ0n) is 4.85. The van der Waals surface area contributed by atoms with E-state index in [2.05, 4.69) is 20.2 Å². The first kappa shape index (κ1) is 6.31. The molecule has 0 spiro atoms. The third-order valence-corrected chi connectivity index (χ3v) is 0.858. The van der Waals surface area contributed by atoms with Crippen LogP contribution in [0.15, 0.2) is 22.2 Å². The number of H-pyrrole nitrogens is 1. The van der Waals surface area contributed by atoms with Gasteiger partial charge in [-0.25, -0.2) is 5.10 Å². The van der Waals surface area contributed by atoms with Crippen LogP contribution in [0.2, 0.25) is 0 Å². The number of nitrogens with zero attached hydrogens (tertiary/aromatic N) is 4. The molecule has 0 bridgehead atoms. The number of hydrogen-bond donors (Lipinski definition) is 1. The van der Waals surface area contributed by atoms with Gasteiger partial charge < -0.3 is 0 Å². The van der Waals surface area contributed by atoms with E-state index in [9.17, 15) is 4.79 Å². The molecule has 1 aromatic rings. The Morgan fingerprint density at radius 2 is 2.60 bits per heavy atom. The lowest BCUT2D eigenvalue weighted by atomic mass is 10.5. The molecule has 0 aliphatic carbocycles. The van der Waals surface area contributed by atoms with Gasteiger partial charge in [0.1, 0.15) is 5.69 Å². The Bertz CT molecular complexity index is 322. The summed E-state index contributed by atoms with van der Waals surface area (Å²) in [6.07, 6.45) is 1.34. The third-order valence-electron chi connectivity index (χ3n) is 0.858. The van der Waals surface area contributed by atoms with Gasteiger partial charge in [0, 0.05) is 11.1 Å². The fourth-order valence-electron chi connectivity index (χ4n) is 0.464. The van der Waals surface area contributed by atoms with Gasteiger partial charge >= 0.3 is 0 Å². The van der Waals surface area contributed by atoms with E-state index in [4.69, 9.17) is 5.53 Å². The summed E-state index contributed by atoms with van der Waals surface area (Å²) < 4.78 is 0. The normalized spacial score (nSPS) is 8.40. The van der Waals surface area contributed by atoms with Crippen molar-refractivity contribution in [2.45, 2.75) is 0 Å². The minimum Gasteiger partial charge on any atom is -0.268 e. The lowest BCUT2D eigenvalue weighted by Gasteiger charge is -1.83. The molecule has 1 rings (SSSR count). The van der Waals surface area contributed by atoms with Gasteiger partial charge in [0.25, 0.3) is 5.56 Å². The van der Waals surface area contributed by atoms with Crippen LogP contribution < -0.4 is 5.56 Å². The van der Waals surface area contributed by atoms with Crippen LogP contribution in [0.3, 0.4) is 0 Å². The van der Waals surface area contributed by atoms with Crippen molar-refractivity contribution < 1.29 is 0 Å². The molecule has 6 heteroatoms. The van der Waals surface area contributed by atoms with Crippen LogP contribution in [0.1, 0.15) is 0 Å². The fraction of sp³-hybridized carbons (Fsp3) is 0. The van der Waals surface area contributed by atoms with Gasteiger partial charge in [0.15, 0.2) is 0 Å². The highest BCUT2D eigenvalue weighted by Gasteiger charge is 1.90. The topological polar surface area (TPSA) is 94.5 Å². The molecule has 0 atom stereocenters. The monoisotopic (exact) mass is 137 g/mol. The largest absolute Gasteiger partial charge is 0.273 e. The highest BCUT2D eigenvalue weighted by Crippen LogP contribution is 1.98. The Hall–Kier alpha value is -1.81. The van der Waals surface area contributed by atoms with E-state index >= 15 is 0 Å². The van der Waals surface area contributed by atoms with Gasteiger partial charge in [-0.05, 0) is 11.6 Å². The molecule has 0 aliphatic rings. The van der Waals surface area contributed by atoms with Crippen LogP contribution in [0.25, 0.3) is 10.4 Å². The summed E-state index contributed by atoms with van der Waals surface area (Å²) in [4.78, 5) is 13.1. The summed E-state index contributed by atoms with van der Waals surface area (Å²) in [6.45, 7) is 0. The number of hydrogen-bond acceptors (Lipinski definition) is 3. The van der Waals surface area contributed by atoms with Crippen LogP contribution in [0.5, 0.6) is 0 Å². The molecule has 0 saturated heterocycles. The second-order valence-electron chi connectivity index (χ2n) is 1.46. The summed E-state index contributed by atoms with van der Waals surface area (Å²) in [5.74, 6) is 0. The summed E-state index contributed by atoms with van der Waals surface area (Å²) in [5, 5.41) is 8.62. The van der Waals surface area contributed by atoms with E-state index in [1.54, 1.807) is 0 Å². The number of nitrogens with one attached hydrogen (secondary N) is 1. The summed E-state index contributed by atoms with van der Waals surface area (Å²) in [5.41, 5.74) is 7.47. The molecule has 50 valence electrons. The maximum absolute atomic E-state index is 10.6. The van der Waals surface area contributed by atoms with Crippen molar-refractivity contribution in [3.8, 4) is 0 Å². The van der Waals surface area contributed by atoms with E-state index in [1.165, 1.54) is 12.3 Å². The quantitative estimate of drug-likeness (QED) is 0.350. The maximum Gasteiger partial charge on any atom is 0.273 e. The van der Waals surface area contributed by atoms with Crippen molar-refractivity contribution in [3.63, 3.8) is 0 Å². The standard InChI is InChI=1S/C4H3N5O/c5-9-7-3-1-2-6-8-4(3)10/h1-2H,(H,8,10). The minimum atomic E-state index is -0.486. The predicted molar refractivity (Wildman–Crippen MR) is 33.7 cm³/mol. The van der Waals surface area contributed by atoms with Crippen LogP contribution in [-0.4, -0.2) is 10.2 Å². The van der Waals surface area contributed by atoms with Gasteiger partial charge in [-0.15, -0.1) is 0 Å². The van der Waals surface area contributed by atoms with Crippen molar-refractivity contribution in [1.29, 1.82) is 0 Å². The molecular formula is C4H3N5O. The van der Waals surface area contributed by atoms with Gasteiger partial charge in [-0.1, -0.05) is 5.11 Å². The fourth-order valence-corrected chi connectivity index (χ4v) is 0.464. The van der Waals surface area contributed by atoms with Crippen LogP contribution in [-0.2, 0) is 0 Å². The van der Waals surface area contributed by atoms with Gasteiger partial charge in [0.2, 0.25) is 0 Å². The van der Waals surface area contributed by atoms with Crippen LogP contribution >= 0.6 is 0 Å². The Balaban J connectivity index is 3.28. The second kappa shape index (κ2) is 2.65. The first-order valence-corrected chi connectivity index (χ1v) is 2.43. The zero-order chi connectivity index (χ0) is 7.40. The third kappa shape index (κ3) is 1.12. The molecule has 6 nitrogen and oxygen atoms in total. The molecule has 0 fully saturated rings. The predicted octanol–water partition coefficient (Wildman–Crippen LogP) is 0.712. The summed E-state index contributed by atoms with van der Waals surface area (Å²) >= 11 is 0. The van der Waals surface area contributed by atoms with E-state index in [1.807, 2.05) is 0 Å². The number of rotatable bonds is 1. The smallest absolute Gasteiger partial charge is 0.268 e. The molecule has 0 unspecified atom stereocenters. The SMILES string of the molecule is [N-]=[N+]=Nc1ccn[nH]c1=O. The summed E-state index contributed by atoms with van der Waals surface area (Å²) in [7, 11) is 0. The molecule has 1 heterocycles. The lowest BCUT2D eigenvalue weighted by Crippen LogP contribution is -2.04. The molecule has 10 heavy (non-hydrogen) atoms. The Morgan fingerprint density at radius 3 is 3.20 bits per heavy atom. The number of aromatic amines is 1. The lowest BCUT2D eigenvalue weighted by molar-refractivity contribution is 0.985. The molecule has 0 saturated carbocycles. The van der Waals surface area contributed by atoms with Gasteiger partial charge in [-0.3, -0.25) is 4.79 Å². The van der Waals surface area contributed by atoms with Crippen molar-refractivity contribution in [3.05, 3.63) is 33.1 Å². The Kier molecular flexibility index (Phi) is 1.67. The average molecular weight is 137 g/mol. The molecule has 0 aromatic carbocycles. The van der Waals surface area contributed by atoms with Crippen LogP contribution in [0, 0.1) is 0 Å². The first-order valence-electron chi connectivity index (χ1n) is 2.43. The molecule has 0 radical (unpaired) electrons. The van der Waals surface area contributed by atoms with E-state index in [-0.39, 0.29) is 5.69 Å². The molecule has 1 aromatic heterocycles. The van der Waals surface area contributed by atoms with Crippen molar-refractivity contribution in [2.75, 3.05) is 0 Å². The molecule has 1 N–H and O–H groups in total. The molecule has 0 amide bonds. The van der Waals surface area contributed by atoms with Crippen molar-refractivity contribution in [1.82, 2.24) is 10.2 Å². The Labute approximate surface area is 55.1 Å². The highest BCUT2D eigenvalue weighted by molar-refractivity contribution is 5.30. The van der Waals surface area contributed by atoms with Crippen LogP contribution in [0.4, 0.5) is 5.69 Å². The average Bonchev–Trinajstić information content (AvgIpc) is 1.94. The highest BCUT2D eigenvalue weighted by atomic mass is 16.1. The van der Waals surface area contributed by atoms with E-state index in [0.29, 0.717) is 0 Å². The van der Waals surface area contributed by atoms with E-state index < -0.39 is 5.56 Å². The molecule has 0 aliphatic heterocycles. The number of aromatic nitrogens is 2. The Morgan fingerprint density at radius 1 is 1.80 bits per heavy atom. The molecular weight excluding hydrogens is 134 g/mol. The van der Waals surface area contributed by atoms with Gasteiger partial charge in [-0.2, -0.15) is 5.10 Å². The minimum absolute atomic E-state index is 0.0255. The number of azide groups is 1. The zero-order valence-corrected chi connectivity index (χ0v) is 4.85. The summed E-state index contributed by atoms with van der Waals surface area (Å²) in [6, 6.07) is 1.33. The van der Waals surface area contributed by atoms with Crippen molar-refractivity contribution >= 4 is 5.69 Å². The first-order chi connectivity index (χ1) is 4.84. The van der Waals surface area contributed by atoms with Gasteiger partial charge in [0.05, 0.1) is 0 Å². The second-order valence-corrected chi connectivity index (χ2v) is 1.46. The van der Waals surface area contributed by atoms with Crippen molar-refractivity contribution in [2.24, 2.45) is 5.11 Å².